The number of hydrogen-bond acceptors (Lipinski definition) is 4. The first-order valence-electron chi connectivity index (χ1n) is 5.44. The molecule has 2 rings (SSSR count). The van der Waals surface area contributed by atoms with E-state index in [1.165, 1.54) is 17.8 Å². The smallest absolute Gasteiger partial charge is 0.423 e. The number of halogens is 2. The molecular weight excluding hydrogens is 332 g/mol. The van der Waals surface area contributed by atoms with Gasteiger partial charge >= 0.3 is 7.12 Å². The van der Waals surface area contributed by atoms with Crippen LogP contribution in [0.1, 0.15) is 5.56 Å². The van der Waals surface area contributed by atoms with E-state index in [2.05, 4.69) is 20.9 Å². The molecule has 0 bridgehead atoms. The number of pyridine rings is 1. The van der Waals surface area contributed by atoms with Gasteiger partial charge in [0.15, 0.2) is 0 Å². The number of benzene rings is 1. The van der Waals surface area contributed by atoms with Crippen LogP contribution in [0.25, 0.3) is 0 Å². The summed E-state index contributed by atoms with van der Waals surface area (Å²) in [7, 11) is -1.66. The number of thioether (sulfide) groups is 1. The number of aromatic nitrogens is 1. The predicted octanol–water partition coefficient (Wildman–Crippen LogP) is 1.96. The molecule has 1 aromatic carbocycles. The zero-order valence-electron chi connectivity index (χ0n) is 9.75. The minimum absolute atomic E-state index is 0.152. The summed E-state index contributed by atoms with van der Waals surface area (Å²) in [5, 5.41) is 18.9. The lowest BCUT2D eigenvalue weighted by Gasteiger charge is -2.05. The lowest BCUT2D eigenvalue weighted by molar-refractivity contribution is 0.425. The molecule has 0 radical (unpaired) electrons. The Kier molecular flexibility index (Phi) is 4.98. The summed E-state index contributed by atoms with van der Waals surface area (Å²) in [6.07, 6.45) is 1.69. The van der Waals surface area contributed by atoms with Crippen LogP contribution in [0.15, 0.2) is 46.0 Å². The fourth-order valence-corrected chi connectivity index (χ4v) is 2.52. The van der Waals surface area contributed by atoms with Crippen molar-refractivity contribution in [3.8, 4) is 0 Å². The van der Waals surface area contributed by atoms with E-state index in [1.807, 2.05) is 12.1 Å². The summed E-state index contributed by atoms with van der Waals surface area (Å²) in [5.41, 5.74) is 0.831. The normalized spacial score (nSPS) is 10.5. The van der Waals surface area contributed by atoms with Gasteiger partial charge in [0.2, 0.25) is 0 Å². The first-order valence-corrected chi connectivity index (χ1v) is 7.22. The maximum Gasteiger partial charge on any atom is 0.488 e. The van der Waals surface area contributed by atoms with Crippen LogP contribution < -0.4 is 5.46 Å². The fraction of sp³-hybridized carbons (Fsp3) is 0.0833. The minimum Gasteiger partial charge on any atom is -0.423 e. The summed E-state index contributed by atoms with van der Waals surface area (Å²) in [5.74, 6) is 0.0246. The second kappa shape index (κ2) is 6.52. The van der Waals surface area contributed by atoms with Crippen molar-refractivity contribution in [2.24, 2.45) is 0 Å². The molecule has 2 aromatic rings. The molecule has 19 heavy (non-hydrogen) atoms. The topological polar surface area (TPSA) is 53.4 Å². The van der Waals surface area contributed by atoms with Crippen molar-refractivity contribution in [2.45, 2.75) is 10.8 Å². The van der Waals surface area contributed by atoms with Gasteiger partial charge in [-0.25, -0.2) is 9.37 Å². The van der Waals surface area contributed by atoms with Crippen molar-refractivity contribution < 1.29 is 14.4 Å². The third-order valence-corrected chi connectivity index (χ3v) is 3.85. The van der Waals surface area contributed by atoms with Gasteiger partial charge in [0.25, 0.3) is 0 Å². The average Bonchev–Trinajstić information content (AvgIpc) is 2.37. The summed E-state index contributed by atoms with van der Waals surface area (Å²) in [6.45, 7) is 0. The molecule has 0 fully saturated rings. The van der Waals surface area contributed by atoms with Crippen LogP contribution >= 0.6 is 27.7 Å². The van der Waals surface area contributed by atoms with Crippen LogP contribution in [-0.4, -0.2) is 22.2 Å². The van der Waals surface area contributed by atoms with Crippen molar-refractivity contribution in [2.75, 3.05) is 0 Å². The predicted molar refractivity (Wildman–Crippen MR) is 77.7 cm³/mol. The second-order valence-electron chi connectivity index (χ2n) is 3.87. The summed E-state index contributed by atoms with van der Waals surface area (Å²) < 4.78 is 14.2. The SMILES string of the molecule is OB(O)c1cc(F)cc(CSc2ccc(Br)cn2)c1. The van der Waals surface area contributed by atoms with Gasteiger partial charge in [0.05, 0.1) is 5.03 Å². The standard InChI is InChI=1S/C12H10BBrFNO2S/c14-10-1-2-12(16-6-10)19-7-8-3-9(13(17)18)5-11(15)4-8/h1-6,17-18H,7H2. The van der Waals surface area contributed by atoms with E-state index in [0.717, 1.165) is 15.6 Å². The number of rotatable bonds is 4. The highest BCUT2D eigenvalue weighted by Crippen LogP contribution is 2.22. The van der Waals surface area contributed by atoms with E-state index in [1.54, 1.807) is 12.3 Å². The van der Waals surface area contributed by atoms with E-state index in [4.69, 9.17) is 10.0 Å². The Labute approximate surface area is 123 Å². The maximum atomic E-state index is 13.3. The van der Waals surface area contributed by atoms with E-state index < -0.39 is 12.9 Å². The van der Waals surface area contributed by atoms with Crippen LogP contribution in [0.5, 0.6) is 0 Å². The van der Waals surface area contributed by atoms with Crippen LogP contribution in [0.2, 0.25) is 0 Å². The Morgan fingerprint density at radius 1 is 1.26 bits per heavy atom. The van der Waals surface area contributed by atoms with Gasteiger partial charge in [-0.05, 0) is 51.2 Å². The van der Waals surface area contributed by atoms with E-state index >= 15 is 0 Å². The molecule has 2 N–H and O–H groups in total. The molecule has 0 saturated heterocycles. The first kappa shape index (κ1) is 14.5. The molecular formula is C12H10BBrFNO2S. The maximum absolute atomic E-state index is 13.3. The highest BCUT2D eigenvalue weighted by Gasteiger charge is 2.13. The molecule has 0 unspecified atom stereocenters. The third kappa shape index (κ3) is 4.31. The van der Waals surface area contributed by atoms with Crippen LogP contribution in [0.3, 0.4) is 0 Å². The Balaban J connectivity index is 2.08. The Hall–Kier alpha value is -0.885. The van der Waals surface area contributed by atoms with Gasteiger partial charge in [-0.2, -0.15) is 0 Å². The van der Waals surface area contributed by atoms with Gasteiger partial charge in [0.1, 0.15) is 5.82 Å². The fourth-order valence-electron chi connectivity index (χ4n) is 1.51. The third-order valence-electron chi connectivity index (χ3n) is 2.37. The molecule has 0 amide bonds. The molecule has 0 atom stereocenters. The molecule has 1 aromatic heterocycles. The first-order chi connectivity index (χ1) is 9.04. The highest BCUT2D eigenvalue weighted by atomic mass is 79.9. The van der Waals surface area contributed by atoms with Crippen molar-refractivity contribution in [3.63, 3.8) is 0 Å². The quantitative estimate of drug-likeness (QED) is 0.659. The average molecular weight is 342 g/mol. The van der Waals surface area contributed by atoms with E-state index in [0.29, 0.717) is 11.3 Å². The molecule has 7 heteroatoms. The lowest BCUT2D eigenvalue weighted by Crippen LogP contribution is -2.30. The Bertz CT molecular complexity index is 568. The second-order valence-corrected chi connectivity index (χ2v) is 5.78. The van der Waals surface area contributed by atoms with Crippen LogP contribution in [0.4, 0.5) is 4.39 Å². The molecule has 98 valence electrons. The molecule has 0 aliphatic rings. The van der Waals surface area contributed by atoms with E-state index in [9.17, 15) is 4.39 Å². The van der Waals surface area contributed by atoms with Crippen LogP contribution in [0, 0.1) is 5.82 Å². The number of nitrogens with zero attached hydrogens (tertiary/aromatic N) is 1. The molecule has 0 aliphatic carbocycles. The Morgan fingerprint density at radius 2 is 2.05 bits per heavy atom. The monoisotopic (exact) mass is 341 g/mol. The molecule has 0 aliphatic heterocycles. The molecule has 1 heterocycles. The van der Waals surface area contributed by atoms with Gasteiger partial charge in [-0.3, -0.25) is 0 Å². The summed E-state index contributed by atoms with van der Waals surface area (Å²) in [6, 6.07) is 7.79. The van der Waals surface area contributed by atoms with Crippen molar-refractivity contribution in [1.29, 1.82) is 0 Å². The number of hydrogen-bond donors (Lipinski definition) is 2. The Morgan fingerprint density at radius 3 is 2.68 bits per heavy atom. The van der Waals surface area contributed by atoms with Gasteiger partial charge < -0.3 is 10.0 Å². The molecule has 0 spiro atoms. The van der Waals surface area contributed by atoms with Crippen molar-refractivity contribution in [1.82, 2.24) is 4.98 Å². The van der Waals surface area contributed by atoms with Crippen molar-refractivity contribution in [3.05, 3.63) is 52.4 Å². The minimum atomic E-state index is -1.66. The zero-order valence-corrected chi connectivity index (χ0v) is 12.2. The van der Waals surface area contributed by atoms with Crippen LogP contribution in [-0.2, 0) is 5.75 Å². The lowest BCUT2D eigenvalue weighted by atomic mass is 9.79. The van der Waals surface area contributed by atoms with Gasteiger partial charge in [-0.1, -0.05) is 6.07 Å². The summed E-state index contributed by atoms with van der Waals surface area (Å²) in [4.78, 5) is 4.20. The summed E-state index contributed by atoms with van der Waals surface area (Å²) >= 11 is 4.75. The highest BCUT2D eigenvalue weighted by molar-refractivity contribution is 9.10. The molecule has 3 nitrogen and oxygen atoms in total. The zero-order chi connectivity index (χ0) is 13.8. The van der Waals surface area contributed by atoms with E-state index in [-0.39, 0.29) is 5.46 Å². The van der Waals surface area contributed by atoms with Crippen molar-refractivity contribution >= 4 is 40.3 Å². The largest absolute Gasteiger partial charge is 0.488 e. The molecule has 0 saturated carbocycles. The van der Waals surface area contributed by atoms with Gasteiger partial charge in [0, 0.05) is 16.4 Å². The van der Waals surface area contributed by atoms with Gasteiger partial charge in [-0.15, -0.1) is 11.8 Å².